The predicted molar refractivity (Wildman–Crippen MR) is 127 cm³/mol. The highest BCUT2D eigenvalue weighted by molar-refractivity contribution is 6.01. The molecule has 0 atom stereocenters. The van der Waals surface area contributed by atoms with Crippen molar-refractivity contribution in [2.24, 2.45) is 0 Å². The highest BCUT2D eigenvalue weighted by Gasteiger charge is 2.19. The topological polar surface area (TPSA) is 64.4 Å². The van der Waals surface area contributed by atoms with Crippen LogP contribution in [0.3, 0.4) is 0 Å². The van der Waals surface area contributed by atoms with Gasteiger partial charge in [0.15, 0.2) is 0 Å². The number of furan rings is 1. The molecule has 4 rings (SSSR count). The number of aromatic nitrogens is 1. The number of halogens is 1. The predicted octanol–water partition coefficient (Wildman–Crippen LogP) is 6.06. The lowest BCUT2D eigenvalue weighted by molar-refractivity contribution is -0.116. The largest absolute Gasteiger partial charge is 0.493 e. The van der Waals surface area contributed by atoms with Crippen molar-refractivity contribution >= 4 is 22.4 Å². The molecule has 0 aliphatic carbocycles. The lowest BCUT2D eigenvalue weighted by Crippen LogP contribution is -2.21. The third-order valence-electron chi connectivity index (χ3n) is 5.43. The molecule has 2 heterocycles. The van der Waals surface area contributed by atoms with Crippen molar-refractivity contribution in [1.29, 1.82) is 0 Å². The van der Waals surface area contributed by atoms with Crippen molar-refractivity contribution in [3.05, 3.63) is 89.7 Å². The van der Waals surface area contributed by atoms with E-state index in [2.05, 4.69) is 10.3 Å². The number of hydrogen-bond acceptors (Lipinski definition) is 4. The van der Waals surface area contributed by atoms with E-state index in [1.165, 1.54) is 12.1 Å². The van der Waals surface area contributed by atoms with Gasteiger partial charge in [0.2, 0.25) is 5.91 Å². The zero-order chi connectivity index (χ0) is 23.4. The highest BCUT2D eigenvalue weighted by atomic mass is 19.1. The number of amides is 1. The van der Waals surface area contributed by atoms with Crippen LogP contribution in [0.5, 0.6) is 5.75 Å². The Morgan fingerprint density at radius 2 is 2.00 bits per heavy atom. The van der Waals surface area contributed by atoms with Gasteiger partial charge in [0.05, 0.1) is 25.1 Å². The fraction of sp³-hybridized carbons (Fsp3) is 0.185. The standard InChI is InChI=1S/C27H25FN2O3/c1-4-32-26-18(3)27-23(24(16-33-27)19-8-10-20(28)11-9-19)14-22(26)17(2)13-25(31)30-15-21-7-5-6-12-29-21/h5-14,16H,4,15H2,1-3H3,(H,30,31)/b17-13+. The first kappa shape index (κ1) is 22.3. The molecule has 0 saturated heterocycles. The fourth-order valence-corrected chi connectivity index (χ4v) is 3.80. The van der Waals surface area contributed by atoms with Crippen LogP contribution in [0, 0.1) is 12.7 Å². The van der Waals surface area contributed by atoms with Crippen molar-refractivity contribution in [2.75, 3.05) is 6.61 Å². The smallest absolute Gasteiger partial charge is 0.244 e. The Morgan fingerprint density at radius 1 is 1.21 bits per heavy atom. The molecule has 4 aromatic rings. The van der Waals surface area contributed by atoms with E-state index in [9.17, 15) is 9.18 Å². The summed E-state index contributed by atoms with van der Waals surface area (Å²) < 4.78 is 25.2. The molecule has 0 bridgehead atoms. The van der Waals surface area contributed by atoms with Gasteiger partial charge in [0, 0.05) is 34.3 Å². The third kappa shape index (κ3) is 4.80. The van der Waals surface area contributed by atoms with Crippen molar-refractivity contribution in [1.82, 2.24) is 10.3 Å². The van der Waals surface area contributed by atoms with E-state index in [4.69, 9.17) is 9.15 Å². The number of nitrogens with one attached hydrogen (secondary N) is 1. The van der Waals surface area contributed by atoms with Crippen LogP contribution in [0.4, 0.5) is 4.39 Å². The normalized spacial score (nSPS) is 11.6. The van der Waals surface area contributed by atoms with Crippen molar-refractivity contribution < 1.29 is 18.3 Å². The second kappa shape index (κ2) is 9.69. The summed E-state index contributed by atoms with van der Waals surface area (Å²) in [5.74, 6) is 0.165. The van der Waals surface area contributed by atoms with Crippen molar-refractivity contribution in [3.63, 3.8) is 0 Å². The van der Waals surface area contributed by atoms with Crippen LogP contribution in [0.1, 0.15) is 30.7 Å². The number of carbonyl (C=O) groups is 1. The minimum absolute atomic E-state index is 0.218. The average molecular weight is 445 g/mol. The number of allylic oxidation sites excluding steroid dienone is 1. The minimum Gasteiger partial charge on any atom is -0.493 e. The molecular weight excluding hydrogens is 419 g/mol. The van der Waals surface area contributed by atoms with Crippen LogP contribution in [-0.2, 0) is 11.3 Å². The number of aryl methyl sites for hydroxylation is 1. The zero-order valence-corrected chi connectivity index (χ0v) is 18.8. The van der Waals surface area contributed by atoms with E-state index in [0.29, 0.717) is 24.5 Å². The Labute approximate surface area is 191 Å². The maximum atomic E-state index is 13.4. The number of ether oxygens (including phenoxy) is 1. The summed E-state index contributed by atoms with van der Waals surface area (Å²) in [7, 11) is 0. The Morgan fingerprint density at radius 3 is 2.70 bits per heavy atom. The molecule has 0 fully saturated rings. The van der Waals surface area contributed by atoms with Crippen LogP contribution in [0.25, 0.3) is 27.7 Å². The molecule has 0 unspecified atom stereocenters. The van der Waals surface area contributed by atoms with Gasteiger partial charge < -0.3 is 14.5 Å². The number of hydrogen-bond donors (Lipinski definition) is 1. The summed E-state index contributed by atoms with van der Waals surface area (Å²) in [5.41, 5.74) is 5.59. The maximum absolute atomic E-state index is 13.4. The molecule has 5 nitrogen and oxygen atoms in total. The second-order valence-electron chi connectivity index (χ2n) is 7.71. The van der Waals surface area contributed by atoms with Gasteiger partial charge >= 0.3 is 0 Å². The average Bonchev–Trinajstić information content (AvgIpc) is 3.25. The van der Waals surface area contributed by atoms with Gasteiger partial charge in [-0.3, -0.25) is 9.78 Å². The lowest BCUT2D eigenvalue weighted by Gasteiger charge is -2.15. The quantitative estimate of drug-likeness (QED) is 0.352. The number of rotatable bonds is 7. The highest BCUT2D eigenvalue weighted by Crippen LogP contribution is 2.40. The third-order valence-corrected chi connectivity index (χ3v) is 5.43. The van der Waals surface area contributed by atoms with Gasteiger partial charge in [-0.05, 0) is 62.2 Å². The molecule has 33 heavy (non-hydrogen) atoms. The molecule has 0 saturated carbocycles. The number of carbonyl (C=O) groups excluding carboxylic acids is 1. The summed E-state index contributed by atoms with van der Waals surface area (Å²) in [6, 6.07) is 13.8. The molecule has 0 aliphatic rings. The van der Waals surface area contributed by atoms with Gasteiger partial charge in [-0.25, -0.2) is 4.39 Å². The SMILES string of the molecule is CCOc1c(/C(C)=C/C(=O)NCc2ccccn2)cc2c(-c3ccc(F)cc3)coc2c1C. The fourth-order valence-electron chi connectivity index (χ4n) is 3.80. The van der Waals surface area contributed by atoms with Crippen LogP contribution >= 0.6 is 0 Å². The monoisotopic (exact) mass is 444 g/mol. The number of benzene rings is 2. The Hall–Kier alpha value is -3.93. The summed E-state index contributed by atoms with van der Waals surface area (Å²) in [6.45, 7) is 6.54. The summed E-state index contributed by atoms with van der Waals surface area (Å²) in [5, 5.41) is 3.74. The van der Waals surface area contributed by atoms with Gasteiger partial charge in [-0.2, -0.15) is 0 Å². The van der Waals surface area contributed by atoms with E-state index in [1.807, 2.05) is 45.0 Å². The molecule has 0 aliphatic heterocycles. The van der Waals surface area contributed by atoms with E-state index < -0.39 is 0 Å². The van der Waals surface area contributed by atoms with E-state index in [1.54, 1.807) is 30.7 Å². The van der Waals surface area contributed by atoms with Gasteiger partial charge in [0.1, 0.15) is 17.1 Å². The summed E-state index contributed by atoms with van der Waals surface area (Å²) in [6.07, 6.45) is 4.92. The molecule has 168 valence electrons. The first-order valence-electron chi connectivity index (χ1n) is 10.8. The Kier molecular flexibility index (Phi) is 6.54. The number of pyridine rings is 1. The number of nitrogens with zero attached hydrogens (tertiary/aromatic N) is 1. The van der Waals surface area contributed by atoms with Crippen LogP contribution < -0.4 is 10.1 Å². The van der Waals surface area contributed by atoms with Crippen LogP contribution in [0.2, 0.25) is 0 Å². The van der Waals surface area contributed by atoms with E-state index >= 15 is 0 Å². The Bertz CT molecular complexity index is 1310. The summed E-state index contributed by atoms with van der Waals surface area (Å²) >= 11 is 0. The molecule has 0 radical (unpaired) electrons. The Balaban J connectivity index is 1.72. The molecule has 2 aromatic heterocycles. The molecular formula is C27H25FN2O3. The second-order valence-corrected chi connectivity index (χ2v) is 7.71. The van der Waals surface area contributed by atoms with Gasteiger partial charge in [-0.1, -0.05) is 18.2 Å². The maximum Gasteiger partial charge on any atom is 0.244 e. The first-order valence-corrected chi connectivity index (χ1v) is 10.8. The molecule has 1 N–H and O–H groups in total. The minimum atomic E-state index is -0.294. The zero-order valence-electron chi connectivity index (χ0n) is 18.8. The van der Waals surface area contributed by atoms with Crippen molar-refractivity contribution in [3.8, 4) is 16.9 Å². The van der Waals surface area contributed by atoms with Crippen molar-refractivity contribution in [2.45, 2.75) is 27.3 Å². The van der Waals surface area contributed by atoms with Crippen LogP contribution in [0.15, 0.2) is 71.5 Å². The van der Waals surface area contributed by atoms with Gasteiger partial charge in [0.25, 0.3) is 0 Å². The molecule has 0 spiro atoms. The van der Waals surface area contributed by atoms with E-state index in [0.717, 1.165) is 38.9 Å². The lowest BCUT2D eigenvalue weighted by atomic mass is 9.96. The summed E-state index contributed by atoms with van der Waals surface area (Å²) in [4.78, 5) is 16.8. The molecule has 6 heteroatoms. The number of fused-ring (bicyclic) bond motifs is 1. The van der Waals surface area contributed by atoms with Crippen LogP contribution in [-0.4, -0.2) is 17.5 Å². The molecule has 1 amide bonds. The van der Waals surface area contributed by atoms with E-state index in [-0.39, 0.29) is 11.7 Å². The molecule has 2 aromatic carbocycles. The first-order chi connectivity index (χ1) is 16.0. The van der Waals surface area contributed by atoms with Gasteiger partial charge in [-0.15, -0.1) is 0 Å².